The molecule has 0 saturated carbocycles. The topological polar surface area (TPSA) is 141 Å². The molecule has 1 aliphatic heterocycles. The van der Waals surface area contributed by atoms with Crippen molar-refractivity contribution in [2.45, 2.75) is 38.7 Å². The summed E-state index contributed by atoms with van der Waals surface area (Å²) in [6.07, 6.45) is 1.21. The van der Waals surface area contributed by atoms with Crippen molar-refractivity contribution in [2.75, 3.05) is 18.9 Å². The largest absolute Gasteiger partial charge is 0.454 e. The maximum Gasteiger partial charge on any atom is 0.353 e. The van der Waals surface area contributed by atoms with E-state index in [4.69, 9.17) is 35.9 Å². The Bertz CT molecular complexity index is 1260. The molecule has 2 aromatic heterocycles. The molecule has 0 bridgehead atoms. The van der Waals surface area contributed by atoms with Gasteiger partial charge in [0.2, 0.25) is 5.95 Å². The number of nitrogen functional groups attached to an aromatic ring is 1. The molecule has 186 valence electrons. The standard InChI is InChI=1S/C22H25ClN5O6P/c1-3-31-35(30,32-4-2)11-10-15-12-16(34-21(29)14-8-6-5-7-9-14)20(33-15)28-13-25-17-18(23)26-22(24)27-19(17)28/h5-11,13,15-16,20H,3-4,12H2,1-2H3,(H2,24,26,27)/t15-,16-,20-/m1/s1. The van der Waals surface area contributed by atoms with E-state index in [1.54, 1.807) is 54.8 Å². The Morgan fingerprint density at radius 2 is 1.97 bits per heavy atom. The van der Waals surface area contributed by atoms with Crippen LogP contribution in [0.3, 0.4) is 0 Å². The van der Waals surface area contributed by atoms with Crippen molar-refractivity contribution in [2.24, 2.45) is 0 Å². The van der Waals surface area contributed by atoms with Crippen LogP contribution in [0, 0.1) is 0 Å². The molecule has 3 atom stereocenters. The molecule has 0 aliphatic carbocycles. The number of carbonyl (C=O) groups is 1. The Labute approximate surface area is 206 Å². The third-order valence-corrected chi connectivity index (χ3v) is 7.17. The number of hydrogen-bond donors (Lipinski definition) is 1. The van der Waals surface area contributed by atoms with Gasteiger partial charge in [-0.25, -0.2) is 9.78 Å². The number of hydrogen-bond acceptors (Lipinski definition) is 10. The minimum absolute atomic E-state index is 0.0362. The second-order valence-electron chi connectivity index (χ2n) is 7.52. The molecular weight excluding hydrogens is 497 g/mol. The number of rotatable bonds is 9. The average molecular weight is 522 g/mol. The lowest BCUT2D eigenvalue weighted by Crippen LogP contribution is -2.25. The molecule has 13 heteroatoms. The number of nitrogens with two attached hydrogens (primary N) is 1. The van der Waals surface area contributed by atoms with Gasteiger partial charge in [0.1, 0.15) is 5.52 Å². The maximum absolute atomic E-state index is 12.8. The minimum Gasteiger partial charge on any atom is -0.454 e. The zero-order chi connectivity index (χ0) is 25.0. The van der Waals surface area contributed by atoms with E-state index in [0.29, 0.717) is 16.7 Å². The van der Waals surface area contributed by atoms with Crippen LogP contribution in [0.15, 0.2) is 48.6 Å². The van der Waals surface area contributed by atoms with E-state index in [0.717, 1.165) is 0 Å². The van der Waals surface area contributed by atoms with E-state index < -0.39 is 32.0 Å². The molecule has 35 heavy (non-hydrogen) atoms. The van der Waals surface area contributed by atoms with E-state index in [1.165, 1.54) is 12.1 Å². The Morgan fingerprint density at radius 3 is 2.66 bits per heavy atom. The summed E-state index contributed by atoms with van der Waals surface area (Å²) >= 11 is 6.17. The first kappa shape index (κ1) is 25.3. The number of benzene rings is 1. The monoisotopic (exact) mass is 521 g/mol. The average Bonchev–Trinajstić information content (AvgIpc) is 3.42. The maximum atomic E-state index is 12.8. The second kappa shape index (κ2) is 10.8. The number of halogens is 1. The molecule has 1 aliphatic rings. The quantitative estimate of drug-likeness (QED) is 0.245. The molecule has 0 spiro atoms. The van der Waals surface area contributed by atoms with Gasteiger partial charge in [0.25, 0.3) is 0 Å². The lowest BCUT2D eigenvalue weighted by Gasteiger charge is -2.20. The first-order valence-electron chi connectivity index (χ1n) is 11.0. The van der Waals surface area contributed by atoms with Crippen LogP contribution in [0.4, 0.5) is 5.95 Å². The zero-order valence-corrected chi connectivity index (χ0v) is 20.8. The Morgan fingerprint density at radius 1 is 1.26 bits per heavy atom. The molecule has 1 saturated heterocycles. The third-order valence-electron chi connectivity index (χ3n) is 5.14. The normalized spacial score (nSPS) is 20.6. The van der Waals surface area contributed by atoms with Gasteiger partial charge in [-0.3, -0.25) is 9.13 Å². The number of carbonyl (C=O) groups excluding carboxylic acids is 1. The second-order valence-corrected chi connectivity index (χ2v) is 9.78. The van der Waals surface area contributed by atoms with Crippen LogP contribution < -0.4 is 5.73 Å². The van der Waals surface area contributed by atoms with E-state index in [-0.39, 0.29) is 30.7 Å². The highest BCUT2D eigenvalue weighted by Gasteiger charge is 2.40. The van der Waals surface area contributed by atoms with Gasteiger partial charge >= 0.3 is 13.6 Å². The lowest BCUT2D eigenvalue weighted by molar-refractivity contribution is -0.0381. The van der Waals surface area contributed by atoms with Crippen LogP contribution >= 0.6 is 19.2 Å². The third kappa shape index (κ3) is 5.71. The Hall–Kier alpha value is -2.82. The predicted octanol–water partition coefficient (Wildman–Crippen LogP) is 4.35. The fraction of sp³-hybridized carbons (Fsp3) is 0.364. The molecule has 2 N–H and O–H groups in total. The van der Waals surface area contributed by atoms with Crippen LogP contribution in [0.2, 0.25) is 5.15 Å². The molecule has 0 radical (unpaired) electrons. The predicted molar refractivity (Wildman–Crippen MR) is 129 cm³/mol. The van der Waals surface area contributed by atoms with Gasteiger partial charge in [0.15, 0.2) is 23.1 Å². The van der Waals surface area contributed by atoms with Crippen LogP contribution in [0.5, 0.6) is 0 Å². The summed E-state index contributed by atoms with van der Waals surface area (Å²) in [5.74, 6) is 0.817. The molecular formula is C22H25ClN5O6P. The molecule has 0 unspecified atom stereocenters. The van der Waals surface area contributed by atoms with Crippen LogP contribution in [0.25, 0.3) is 11.2 Å². The SMILES string of the molecule is CCOP(=O)(C=C[C@@H]1C[C@@H](OC(=O)c2ccccc2)[C@H](n2cnc3c(Cl)nc(N)nc32)O1)OCC. The van der Waals surface area contributed by atoms with E-state index in [2.05, 4.69) is 15.0 Å². The number of anilines is 1. The first-order chi connectivity index (χ1) is 16.8. The van der Waals surface area contributed by atoms with Crippen molar-refractivity contribution in [3.8, 4) is 0 Å². The summed E-state index contributed by atoms with van der Waals surface area (Å²) in [7, 11) is -3.44. The highest BCUT2D eigenvalue weighted by Crippen LogP contribution is 2.50. The summed E-state index contributed by atoms with van der Waals surface area (Å²) in [6, 6.07) is 8.61. The number of ether oxygens (including phenoxy) is 2. The fourth-order valence-corrected chi connectivity index (χ4v) is 5.28. The smallest absolute Gasteiger partial charge is 0.353 e. The number of fused-ring (bicyclic) bond motifs is 1. The molecule has 4 rings (SSSR count). The van der Waals surface area contributed by atoms with E-state index >= 15 is 0 Å². The summed E-state index contributed by atoms with van der Waals surface area (Å²) in [5, 5.41) is 0.0906. The Kier molecular flexibility index (Phi) is 7.83. The number of imidazole rings is 1. The summed E-state index contributed by atoms with van der Waals surface area (Å²) in [6.45, 7) is 3.89. The van der Waals surface area contributed by atoms with E-state index in [9.17, 15) is 9.36 Å². The molecule has 1 aromatic carbocycles. The van der Waals surface area contributed by atoms with Gasteiger partial charge in [-0.15, -0.1) is 0 Å². The van der Waals surface area contributed by atoms with Gasteiger partial charge in [-0.1, -0.05) is 29.8 Å². The summed E-state index contributed by atoms with van der Waals surface area (Å²) in [5.41, 5.74) is 6.83. The van der Waals surface area contributed by atoms with Crippen molar-refractivity contribution in [1.29, 1.82) is 0 Å². The van der Waals surface area contributed by atoms with Gasteiger partial charge in [0.05, 0.1) is 31.2 Å². The van der Waals surface area contributed by atoms with Gasteiger partial charge in [-0.2, -0.15) is 9.97 Å². The first-order valence-corrected chi connectivity index (χ1v) is 13.0. The number of aromatic nitrogens is 4. The van der Waals surface area contributed by atoms with Gasteiger partial charge in [0, 0.05) is 12.2 Å². The van der Waals surface area contributed by atoms with Gasteiger partial charge in [-0.05, 0) is 32.1 Å². The minimum atomic E-state index is -3.44. The van der Waals surface area contributed by atoms with Crippen molar-refractivity contribution in [3.05, 3.63) is 59.3 Å². The summed E-state index contributed by atoms with van der Waals surface area (Å²) in [4.78, 5) is 25.2. The van der Waals surface area contributed by atoms with Crippen molar-refractivity contribution >= 4 is 42.3 Å². The van der Waals surface area contributed by atoms with E-state index in [1.807, 2.05) is 0 Å². The summed E-state index contributed by atoms with van der Waals surface area (Å²) < 4.78 is 37.0. The fourth-order valence-electron chi connectivity index (χ4n) is 3.69. The number of esters is 1. The number of nitrogens with zero attached hydrogens (tertiary/aromatic N) is 4. The Balaban J connectivity index is 1.65. The molecule has 3 aromatic rings. The molecule has 1 fully saturated rings. The van der Waals surface area contributed by atoms with Crippen molar-refractivity contribution in [1.82, 2.24) is 19.5 Å². The highest BCUT2D eigenvalue weighted by molar-refractivity contribution is 7.57. The highest BCUT2D eigenvalue weighted by atomic mass is 35.5. The van der Waals surface area contributed by atoms with Crippen molar-refractivity contribution < 1.29 is 27.9 Å². The lowest BCUT2D eigenvalue weighted by atomic mass is 10.2. The van der Waals surface area contributed by atoms with Crippen molar-refractivity contribution in [3.63, 3.8) is 0 Å². The van der Waals surface area contributed by atoms with Crippen LogP contribution in [-0.4, -0.2) is 50.9 Å². The zero-order valence-electron chi connectivity index (χ0n) is 19.1. The van der Waals surface area contributed by atoms with Gasteiger partial charge < -0.3 is 24.3 Å². The van der Waals surface area contributed by atoms with Crippen LogP contribution in [0.1, 0.15) is 36.9 Å². The molecule has 3 heterocycles. The molecule has 0 amide bonds. The van der Waals surface area contributed by atoms with Crippen LogP contribution in [-0.2, 0) is 23.1 Å². The molecule has 11 nitrogen and oxygen atoms in total.